The molecule has 0 radical (unpaired) electrons. The summed E-state index contributed by atoms with van der Waals surface area (Å²) in [5.41, 5.74) is 5.19. The van der Waals surface area contributed by atoms with Crippen LogP contribution < -0.4 is 5.32 Å². The van der Waals surface area contributed by atoms with Gasteiger partial charge in [0, 0.05) is 31.9 Å². The standard InChI is InChI=1S/C25H32N4O4S/c1-16-5-6-20(17(2)13-16)23-22(24(31)32-4)18(3)27-25-29(23)19(15-34-25)14-21(30)26-7-8-28-9-11-33-12-10-28/h5-6,13,15,23H,7-12,14H2,1-4H3,(H,26,30)/t23-/m1/s1. The number of hydrogen-bond donors (Lipinski definition) is 1. The quantitative estimate of drug-likeness (QED) is 0.596. The van der Waals surface area contributed by atoms with Gasteiger partial charge in [0.2, 0.25) is 5.91 Å². The molecule has 0 bridgehead atoms. The molecule has 34 heavy (non-hydrogen) atoms. The highest BCUT2D eigenvalue weighted by Crippen LogP contribution is 2.45. The van der Waals surface area contributed by atoms with E-state index in [-0.39, 0.29) is 12.3 Å². The number of methoxy groups -OCH3 is 1. The van der Waals surface area contributed by atoms with Gasteiger partial charge in [0.1, 0.15) is 0 Å². The van der Waals surface area contributed by atoms with Crippen molar-refractivity contribution in [2.24, 2.45) is 4.99 Å². The van der Waals surface area contributed by atoms with Crippen molar-refractivity contribution in [3.05, 3.63) is 57.3 Å². The number of hydrogen-bond acceptors (Lipinski definition) is 8. The maximum atomic E-state index is 12.9. The molecule has 1 amide bonds. The Balaban J connectivity index is 1.54. The number of aliphatic imine (C=N–C) groups is 1. The molecule has 0 aromatic heterocycles. The Labute approximate surface area is 205 Å². The Kier molecular flexibility index (Phi) is 7.75. The van der Waals surface area contributed by atoms with Crippen LogP contribution in [0.2, 0.25) is 0 Å². The van der Waals surface area contributed by atoms with Crippen LogP contribution in [0.3, 0.4) is 0 Å². The molecule has 182 valence electrons. The van der Waals surface area contributed by atoms with Crippen molar-refractivity contribution in [1.29, 1.82) is 0 Å². The van der Waals surface area contributed by atoms with E-state index in [2.05, 4.69) is 27.3 Å². The van der Waals surface area contributed by atoms with Crippen LogP contribution in [-0.4, -0.2) is 73.3 Å². The maximum absolute atomic E-state index is 12.9. The number of thioether (sulfide) groups is 1. The molecule has 0 spiro atoms. The fourth-order valence-corrected chi connectivity index (χ4v) is 5.54. The highest BCUT2D eigenvalue weighted by Gasteiger charge is 2.41. The van der Waals surface area contributed by atoms with Crippen molar-refractivity contribution in [2.75, 3.05) is 46.5 Å². The molecule has 9 heteroatoms. The summed E-state index contributed by atoms with van der Waals surface area (Å²) in [5.74, 6) is -0.455. The summed E-state index contributed by atoms with van der Waals surface area (Å²) in [5, 5.41) is 5.77. The molecule has 3 aliphatic rings. The topological polar surface area (TPSA) is 83.5 Å². The molecule has 4 rings (SSSR count). The third kappa shape index (κ3) is 5.21. The number of fused-ring (bicyclic) bond motifs is 1. The molecule has 1 saturated heterocycles. The number of aryl methyl sites for hydroxylation is 2. The van der Waals surface area contributed by atoms with Crippen LogP contribution in [0.1, 0.15) is 36.1 Å². The zero-order valence-electron chi connectivity index (χ0n) is 20.2. The normalized spacial score (nSPS) is 20.6. The van der Waals surface area contributed by atoms with E-state index in [0.717, 1.165) is 60.4 Å². The lowest BCUT2D eigenvalue weighted by Crippen LogP contribution is -2.42. The van der Waals surface area contributed by atoms with Gasteiger partial charge in [-0.05, 0) is 37.3 Å². The molecular formula is C25H32N4O4S. The van der Waals surface area contributed by atoms with Gasteiger partial charge in [0.05, 0.1) is 44.1 Å². The van der Waals surface area contributed by atoms with Gasteiger partial charge >= 0.3 is 5.97 Å². The largest absolute Gasteiger partial charge is 0.466 e. The first-order chi connectivity index (χ1) is 16.4. The second kappa shape index (κ2) is 10.8. The van der Waals surface area contributed by atoms with Crippen LogP contribution in [0, 0.1) is 13.8 Å². The van der Waals surface area contributed by atoms with E-state index in [1.165, 1.54) is 18.9 Å². The molecule has 8 nitrogen and oxygen atoms in total. The number of ether oxygens (including phenoxy) is 2. The minimum absolute atomic E-state index is 0.0494. The number of nitrogens with one attached hydrogen (secondary N) is 1. The Bertz CT molecular complexity index is 1060. The predicted octanol–water partition coefficient (Wildman–Crippen LogP) is 2.89. The summed E-state index contributed by atoms with van der Waals surface area (Å²) in [7, 11) is 1.39. The van der Waals surface area contributed by atoms with E-state index in [4.69, 9.17) is 9.47 Å². The van der Waals surface area contributed by atoms with Crippen molar-refractivity contribution in [3.8, 4) is 0 Å². The van der Waals surface area contributed by atoms with Gasteiger partial charge in [-0.2, -0.15) is 0 Å². The number of amidine groups is 1. The number of nitrogens with zero attached hydrogens (tertiary/aromatic N) is 3. The SMILES string of the molecule is COC(=O)C1=C(C)N=C2SC=C(CC(=O)NCCN3CCOCC3)N2[C@@H]1c1ccc(C)cc1C. The summed E-state index contributed by atoms with van der Waals surface area (Å²) in [4.78, 5) is 34.7. The number of carbonyl (C=O) groups excluding carboxylic acids is 2. The van der Waals surface area contributed by atoms with Gasteiger partial charge in [0.25, 0.3) is 0 Å². The van der Waals surface area contributed by atoms with Crippen molar-refractivity contribution in [1.82, 2.24) is 15.1 Å². The lowest BCUT2D eigenvalue weighted by Gasteiger charge is -2.37. The smallest absolute Gasteiger partial charge is 0.338 e. The van der Waals surface area contributed by atoms with Crippen LogP contribution in [0.5, 0.6) is 0 Å². The van der Waals surface area contributed by atoms with Crippen molar-refractivity contribution < 1.29 is 19.1 Å². The van der Waals surface area contributed by atoms with Gasteiger partial charge in [-0.25, -0.2) is 9.79 Å². The Morgan fingerprint density at radius 1 is 1.24 bits per heavy atom. The first-order valence-electron chi connectivity index (χ1n) is 11.6. The second-order valence-electron chi connectivity index (χ2n) is 8.73. The van der Waals surface area contributed by atoms with Crippen LogP contribution in [-0.2, 0) is 19.1 Å². The Hall–Kier alpha value is -2.62. The van der Waals surface area contributed by atoms with E-state index in [9.17, 15) is 9.59 Å². The maximum Gasteiger partial charge on any atom is 0.338 e. The Morgan fingerprint density at radius 2 is 2.00 bits per heavy atom. The van der Waals surface area contributed by atoms with Crippen LogP contribution in [0.15, 0.2) is 45.6 Å². The third-order valence-electron chi connectivity index (χ3n) is 6.32. The van der Waals surface area contributed by atoms with E-state index >= 15 is 0 Å². The molecule has 0 unspecified atom stereocenters. The van der Waals surface area contributed by atoms with Crippen LogP contribution in [0.25, 0.3) is 0 Å². The molecule has 1 fully saturated rings. The number of esters is 1. The predicted molar refractivity (Wildman–Crippen MR) is 133 cm³/mol. The third-order valence-corrected chi connectivity index (χ3v) is 7.21. The molecule has 1 aromatic carbocycles. The molecule has 1 atom stereocenters. The summed E-state index contributed by atoms with van der Waals surface area (Å²) >= 11 is 1.48. The van der Waals surface area contributed by atoms with Gasteiger partial charge < -0.3 is 19.7 Å². The van der Waals surface area contributed by atoms with Crippen molar-refractivity contribution in [2.45, 2.75) is 33.2 Å². The fraction of sp³-hybridized carbons (Fsp3) is 0.480. The lowest BCUT2D eigenvalue weighted by molar-refractivity contribution is -0.136. The van der Waals surface area contributed by atoms with Crippen molar-refractivity contribution >= 4 is 28.8 Å². The first kappa shape index (κ1) is 24.5. The number of amides is 1. The monoisotopic (exact) mass is 484 g/mol. The van der Waals surface area contributed by atoms with E-state index in [1.54, 1.807) is 0 Å². The van der Waals surface area contributed by atoms with E-state index in [0.29, 0.717) is 17.8 Å². The van der Waals surface area contributed by atoms with Gasteiger partial charge in [-0.3, -0.25) is 9.69 Å². The molecule has 0 aliphatic carbocycles. The Morgan fingerprint density at radius 3 is 2.71 bits per heavy atom. The van der Waals surface area contributed by atoms with E-state index in [1.807, 2.05) is 37.1 Å². The van der Waals surface area contributed by atoms with Crippen LogP contribution in [0.4, 0.5) is 0 Å². The highest BCUT2D eigenvalue weighted by atomic mass is 32.2. The highest BCUT2D eigenvalue weighted by molar-refractivity contribution is 8.16. The summed E-state index contributed by atoms with van der Waals surface area (Å²) in [6, 6.07) is 5.80. The van der Waals surface area contributed by atoms with E-state index < -0.39 is 12.0 Å². The first-order valence-corrected chi connectivity index (χ1v) is 12.4. The molecule has 1 N–H and O–H groups in total. The summed E-state index contributed by atoms with van der Waals surface area (Å²) < 4.78 is 10.5. The number of allylic oxidation sites excluding steroid dienone is 1. The van der Waals surface area contributed by atoms with Gasteiger partial charge in [-0.1, -0.05) is 35.5 Å². The average Bonchev–Trinajstić information content (AvgIpc) is 3.20. The van der Waals surface area contributed by atoms with Crippen molar-refractivity contribution in [3.63, 3.8) is 0 Å². The minimum Gasteiger partial charge on any atom is -0.466 e. The number of benzene rings is 1. The minimum atomic E-state index is -0.406. The van der Waals surface area contributed by atoms with Gasteiger partial charge in [-0.15, -0.1) is 0 Å². The van der Waals surface area contributed by atoms with Crippen LogP contribution >= 0.6 is 11.8 Å². The summed E-state index contributed by atoms with van der Waals surface area (Å²) in [6.45, 7) is 10.6. The lowest BCUT2D eigenvalue weighted by atomic mass is 9.90. The van der Waals surface area contributed by atoms with Gasteiger partial charge in [0.15, 0.2) is 5.17 Å². The summed E-state index contributed by atoms with van der Waals surface area (Å²) in [6.07, 6.45) is 0.212. The molecule has 1 aromatic rings. The molecule has 3 aliphatic heterocycles. The number of rotatable bonds is 7. The molecule has 0 saturated carbocycles. The zero-order valence-corrected chi connectivity index (χ0v) is 21.0. The molecule has 3 heterocycles. The average molecular weight is 485 g/mol. The number of morpholine rings is 1. The number of carbonyl (C=O) groups is 2. The fourth-order valence-electron chi connectivity index (χ4n) is 4.57. The molecular weight excluding hydrogens is 452 g/mol. The zero-order chi connectivity index (χ0) is 24.2. The second-order valence-corrected chi connectivity index (χ2v) is 9.56.